The number of rotatable bonds is 5. The Bertz CT molecular complexity index is 617. The van der Waals surface area contributed by atoms with Crippen LogP contribution in [0.3, 0.4) is 0 Å². The highest BCUT2D eigenvalue weighted by Gasteiger charge is 2.33. The predicted molar refractivity (Wildman–Crippen MR) is 77.9 cm³/mol. The van der Waals surface area contributed by atoms with Crippen molar-refractivity contribution in [2.45, 2.75) is 52.5 Å². The fraction of sp³-hybridized carbons (Fsp3) is 0.714. The molecule has 0 aromatic carbocycles. The molecule has 0 N–H and O–H groups in total. The van der Waals surface area contributed by atoms with Crippen molar-refractivity contribution in [3.63, 3.8) is 0 Å². The number of hydrogen-bond donors (Lipinski definition) is 0. The number of carbonyl (C=O) groups excluding carboxylic acids is 1. The molecule has 0 saturated carbocycles. The van der Waals surface area contributed by atoms with Crippen LogP contribution in [0.4, 0.5) is 0 Å². The molecule has 112 valence electrons. The summed E-state index contributed by atoms with van der Waals surface area (Å²) in [4.78, 5) is 12.2. The normalized spacial score (nSPS) is 21.2. The number of nitrogens with zero attached hydrogens (tertiary/aromatic N) is 2. The minimum absolute atomic E-state index is 0.103. The maximum atomic E-state index is 12.2. The van der Waals surface area contributed by atoms with Crippen molar-refractivity contribution in [1.29, 1.82) is 0 Å². The maximum absolute atomic E-state index is 12.2. The Hall–Kier alpha value is -1.17. The van der Waals surface area contributed by atoms with Gasteiger partial charge in [-0.05, 0) is 19.3 Å². The summed E-state index contributed by atoms with van der Waals surface area (Å²) >= 11 is 0. The number of hydrogen-bond acceptors (Lipinski definition) is 4. The van der Waals surface area contributed by atoms with Crippen LogP contribution in [-0.2, 0) is 22.7 Å². The first-order valence-corrected chi connectivity index (χ1v) is 9.09. The molecule has 1 saturated heterocycles. The highest BCUT2D eigenvalue weighted by molar-refractivity contribution is 7.91. The second-order valence-corrected chi connectivity index (χ2v) is 7.48. The van der Waals surface area contributed by atoms with Gasteiger partial charge in [-0.3, -0.25) is 9.48 Å². The lowest BCUT2D eigenvalue weighted by molar-refractivity contribution is 0.0986. The van der Waals surface area contributed by atoms with E-state index in [-0.39, 0.29) is 23.3 Å². The van der Waals surface area contributed by atoms with E-state index in [4.69, 9.17) is 0 Å². The van der Waals surface area contributed by atoms with Crippen LogP contribution in [0, 0.1) is 0 Å². The van der Waals surface area contributed by atoms with Crippen molar-refractivity contribution >= 4 is 15.6 Å². The molecule has 1 fully saturated rings. The molecular formula is C14H22N2O3S. The van der Waals surface area contributed by atoms with Gasteiger partial charge in [0.05, 0.1) is 28.8 Å². The third-order valence-electron chi connectivity index (χ3n) is 3.91. The minimum atomic E-state index is -2.95. The maximum Gasteiger partial charge on any atom is 0.166 e. The van der Waals surface area contributed by atoms with E-state index < -0.39 is 9.84 Å². The quantitative estimate of drug-likeness (QED) is 0.779. The summed E-state index contributed by atoms with van der Waals surface area (Å²) in [6, 6.07) is -0.112. The predicted octanol–water partition coefficient (Wildman–Crippen LogP) is 1.96. The second-order valence-electron chi connectivity index (χ2n) is 5.25. The number of carbonyl (C=O) groups is 1. The van der Waals surface area contributed by atoms with Crippen molar-refractivity contribution in [1.82, 2.24) is 9.78 Å². The molecule has 20 heavy (non-hydrogen) atoms. The summed E-state index contributed by atoms with van der Waals surface area (Å²) in [5, 5.41) is 4.55. The standard InChI is InChI=1S/C14H22N2O3S/c1-4-11-14(13(17)6-3)12(5-2)16(15-11)10-7-8-20(18,19)9-10/h10H,4-9H2,1-3H3. The Morgan fingerprint density at radius 3 is 2.45 bits per heavy atom. The molecule has 2 rings (SSSR count). The molecule has 0 radical (unpaired) electrons. The first-order valence-electron chi connectivity index (χ1n) is 7.27. The van der Waals surface area contributed by atoms with Crippen LogP contribution in [-0.4, -0.2) is 35.5 Å². The first kappa shape index (κ1) is 15.2. The van der Waals surface area contributed by atoms with Crippen molar-refractivity contribution in [3.05, 3.63) is 17.0 Å². The fourth-order valence-electron chi connectivity index (χ4n) is 2.88. The molecule has 6 heteroatoms. The van der Waals surface area contributed by atoms with E-state index in [1.807, 2.05) is 25.5 Å². The van der Waals surface area contributed by atoms with E-state index in [1.54, 1.807) is 0 Å². The molecule has 0 spiro atoms. The van der Waals surface area contributed by atoms with Gasteiger partial charge in [0.1, 0.15) is 0 Å². The Morgan fingerprint density at radius 2 is 2.00 bits per heavy atom. The van der Waals surface area contributed by atoms with Crippen LogP contribution in [0.25, 0.3) is 0 Å². The van der Waals surface area contributed by atoms with Gasteiger partial charge in [-0.25, -0.2) is 8.42 Å². The van der Waals surface area contributed by atoms with Gasteiger partial charge >= 0.3 is 0 Å². The van der Waals surface area contributed by atoms with Crippen molar-refractivity contribution in [2.75, 3.05) is 11.5 Å². The molecule has 0 amide bonds. The number of ketones is 1. The number of sulfone groups is 1. The molecule has 0 aliphatic carbocycles. The lowest BCUT2D eigenvalue weighted by Gasteiger charge is -2.12. The molecule has 1 unspecified atom stereocenters. The topological polar surface area (TPSA) is 69.0 Å². The van der Waals surface area contributed by atoms with Crippen LogP contribution < -0.4 is 0 Å². The smallest absolute Gasteiger partial charge is 0.166 e. The summed E-state index contributed by atoms with van der Waals surface area (Å²) in [5.74, 6) is 0.467. The van der Waals surface area contributed by atoms with E-state index >= 15 is 0 Å². The molecule has 0 bridgehead atoms. The van der Waals surface area contributed by atoms with Gasteiger partial charge < -0.3 is 0 Å². The van der Waals surface area contributed by atoms with Crippen LogP contribution in [0.2, 0.25) is 0 Å². The van der Waals surface area contributed by atoms with Gasteiger partial charge in [-0.15, -0.1) is 0 Å². The van der Waals surface area contributed by atoms with E-state index in [2.05, 4.69) is 5.10 Å². The van der Waals surface area contributed by atoms with Crippen LogP contribution in [0.1, 0.15) is 61.4 Å². The Balaban J connectivity index is 2.49. The SMILES string of the molecule is CCC(=O)c1c(CC)nn(C2CCS(=O)(=O)C2)c1CC. The Morgan fingerprint density at radius 1 is 1.30 bits per heavy atom. The fourth-order valence-corrected chi connectivity index (χ4v) is 4.57. The highest BCUT2D eigenvalue weighted by atomic mass is 32.2. The third kappa shape index (κ3) is 2.66. The molecule has 1 aliphatic heterocycles. The number of aryl methyl sites for hydroxylation is 1. The lowest BCUT2D eigenvalue weighted by Crippen LogP contribution is -2.16. The van der Waals surface area contributed by atoms with Crippen LogP contribution >= 0.6 is 0 Å². The molecule has 1 aromatic rings. The molecule has 5 nitrogen and oxygen atoms in total. The van der Waals surface area contributed by atoms with Gasteiger partial charge in [-0.1, -0.05) is 20.8 Å². The summed E-state index contributed by atoms with van der Waals surface area (Å²) in [5.41, 5.74) is 2.43. The van der Waals surface area contributed by atoms with Crippen LogP contribution in [0.15, 0.2) is 0 Å². The van der Waals surface area contributed by atoms with Crippen molar-refractivity contribution in [2.24, 2.45) is 0 Å². The van der Waals surface area contributed by atoms with E-state index in [9.17, 15) is 13.2 Å². The highest BCUT2D eigenvalue weighted by Crippen LogP contribution is 2.28. The molecule has 2 heterocycles. The largest absolute Gasteiger partial charge is 0.294 e. The number of Topliss-reactive ketones (excluding diaryl/α,β-unsaturated/α-hetero) is 1. The average molecular weight is 298 g/mol. The Labute approximate surface area is 120 Å². The zero-order valence-corrected chi connectivity index (χ0v) is 13.2. The summed E-state index contributed by atoms with van der Waals surface area (Å²) in [6.45, 7) is 5.81. The van der Waals surface area contributed by atoms with Crippen molar-refractivity contribution < 1.29 is 13.2 Å². The third-order valence-corrected chi connectivity index (χ3v) is 5.66. The monoisotopic (exact) mass is 298 g/mol. The van der Waals surface area contributed by atoms with Gasteiger partial charge in [0, 0.05) is 12.1 Å². The molecule has 1 aromatic heterocycles. The Kier molecular flexibility index (Phi) is 4.32. The van der Waals surface area contributed by atoms with E-state index in [0.717, 1.165) is 17.0 Å². The molecule has 1 atom stereocenters. The average Bonchev–Trinajstić information content (AvgIpc) is 2.97. The minimum Gasteiger partial charge on any atom is -0.294 e. The van der Waals surface area contributed by atoms with Crippen LogP contribution in [0.5, 0.6) is 0 Å². The lowest BCUT2D eigenvalue weighted by atomic mass is 10.0. The van der Waals surface area contributed by atoms with Gasteiger partial charge in [0.25, 0.3) is 0 Å². The molecular weight excluding hydrogens is 276 g/mol. The van der Waals surface area contributed by atoms with E-state index in [0.29, 0.717) is 25.7 Å². The molecule has 1 aliphatic rings. The van der Waals surface area contributed by atoms with E-state index in [1.165, 1.54) is 0 Å². The van der Waals surface area contributed by atoms with Gasteiger partial charge in [0.15, 0.2) is 15.6 Å². The summed E-state index contributed by atoms with van der Waals surface area (Å²) in [7, 11) is -2.95. The van der Waals surface area contributed by atoms with Crippen molar-refractivity contribution in [3.8, 4) is 0 Å². The number of aromatic nitrogens is 2. The van der Waals surface area contributed by atoms with Gasteiger partial charge in [-0.2, -0.15) is 5.10 Å². The zero-order valence-electron chi connectivity index (χ0n) is 12.3. The second kappa shape index (κ2) is 5.68. The summed E-state index contributed by atoms with van der Waals surface area (Å²) < 4.78 is 25.1. The zero-order chi connectivity index (χ0) is 14.9. The first-order chi connectivity index (χ1) is 9.43. The summed E-state index contributed by atoms with van der Waals surface area (Å²) in [6.07, 6.45) is 2.44. The van der Waals surface area contributed by atoms with Gasteiger partial charge in [0.2, 0.25) is 0 Å².